The molecule has 0 bridgehead atoms. The molecule has 2 aromatic rings. The van der Waals surface area contributed by atoms with Crippen molar-refractivity contribution in [1.82, 2.24) is 0 Å². The van der Waals surface area contributed by atoms with E-state index in [1.54, 1.807) is 20.7 Å². The lowest BCUT2D eigenvalue weighted by molar-refractivity contribution is 1.39. The maximum Gasteiger partial charge on any atom is 0.114 e. The molecule has 0 amide bonds. The molecule has 0 saturated carbocycles. The molecule has 0 radical (unpaired) electrons. The first-order valence-corrected chi connectivity index (χ1v) is 17.1. The van der Waals surface area contributed by atoms with Crippen LogP contribution in [-0.4, -0.2) is 25.7 Å². The van der Waals surface area contributed by atoms with Crippen molar-refractivity contribution < 1.29 is 0 Å². The van der Waals surface area contributed by atoms with Crippen molar-refractivity contribution in [3.8, 4) is 0 Å². The molecule has 0 nitrogen and oxygen atoms in total. The highest BCUT2D eigenvalue weighted by Crippen LogP contribution is 2.10. The first-order valence-electron chi connectivity index (χ1n) is 8.59. The summed E-state index contributed by atoms with van der Waals surface area (Å²) in [6, 6.07) is 20.5. The van der Waals surface area contributed by atoms with Gasteiger partial charge in [-0.05, 0) is 0 Å². The van der Waals surface area contributed by atoms with Crippen LogP contribution >= 0.6 is 0 Å². The van der Waals surface area contributed by atoms with Crippen molar-refractivity contribution in [3.05, 3.63) is 48.5 Å². The van der Waals surface area contributed by atoms with Gasteiger partial charge in [-0.1, -0.05) is 115 Å². The fraction of sp³-hybridized carbons (Fsp3) is 0.368. The highest BCUT2D eigenvalue weighted by molar-refractivity contribution is 7.01. The SMILES string of the molecule is CC[Si](C)(c1ccc([SiH](C)C)cc1)c1ccc([SiH](C)C)cc1. The molecule has 118 valence electrons. The van der Waals surface area contributed by atoms with E-state index in [2.05, 4.69) is 88.2 Å². The van der Waals surface area contributed by atoms with Crippen LogP contribution in [0, 0.1) is 0 Å². The van der Waals surface area contributed by atoms with Crippen LogP contribution in [0.4, 0.5) is 0 Å². The van der Waals surface area contributed by atoms with Gasteiger partial charge >= 0.3 is 0 Å². The average Bonchev–Trinajstić information content (AvgIpc) is 2.54. The van der Waals surface area contributed by atoms with Crippen molar-refractivity contribution in [3.63, 3.8) is 0 Å². The van der Waals surface area contributed by atoms with Crippen molar-refractivity contribution >= 4 is 46.4 Å². The third kappa shape index (κ3) is 3.53. The summed E-state index contributed by atoms with van der Waals surface area (Å²) in [7, 11) is -2.93. The standard InChI is InChI=1S/C19H30Si3/c1-7-22(6,18-12-8-16(9-13-18)20(2)3)19-14-10-17(11-15-19)21(4)5/h8-15,20-21H,7H2,1-6H3. The second-order valence-electron chi connectivity index (χ2n) is 7.24. The van der Waals surface area contributed by atoms with Gasteiger partial charge in [0.2, 0.25) is 0 Å². The van der Waals surface area contributed by atoms with Crippen LogP contribution in [0.25, 0.3) is 0 Å². The molecule has 0 N–H and O–H groups in total. The van der Waals surface area contributed by atoms with E-state index in [-0.39, 0.29) is 0 Å². The molecule has 0 unspecified atom stereocenters. The van der Waals surface area contributed by atoms with E-state index in [4.69, 9.17) is 0 Å². The van der Waals surface area contributed by atoms with E-state index in [1.807, 2.05) is 0 Å². The molecule has 2 aromatic carbocycles. The number of hydrogen-bond acceptors (Lipinski definition) is 0. The molecular weight excluding hydrogens is 312 g/mol. The van der Waals surface area contributed by atoms with Crippen LogP contribution in [0.15, 0.2) is 48.5 Å². The summed E-state index contributed by atoms with van der Waals surface area (Å²) in [5, 5.41) is 6.33. The largest absolute Gasteiger partial charge is 0.114 e. The van der Waals surface area contributed by atoms with Crippen molar-refractivity contribution in [2.24, 2.45) is 0 Å². The fourth-order valence-electron chi connectivity index (χ4n) is 3.05. The van der Waals surface area contributed by atoms with E-state index >= 15 is 0 Å². The summed E-state index contributed by atoms with van der Waals surface area (Å²) in [4.78, 5) is 0. The lowest BCUT2D eigenvalue weighted by atomic mass is 10.3. The molecule has 0 aliphatic carbocycles. The Hall–Kier alpha value is -0.909. The number of hydrogen-bond donors (Lipinski definition) is 0. The van der Waals surface area contributed by atoms with Crippen LogP contribution in [-0.2, 0) is 0 Å². The molecule has 0 aliphatic rings. The Morgan fingerprint density at radius 1 is 0.682 bits per heavy atom. The predicted molar refractivity (Wildman–Crippen MR) is 111 cm³/mol. The zero-order chi connectivity index (χ0) is 16.3. The van der Waals surface area contributed by atoms with Crippen LogP contribution in [0.5, 0.6) is 0 Å². The summed E-state index contributed by atoms with van der Waals surface area (Å²) in [6.45, 7) is 14.5. The highest BCUT2D eigenvalue weighted by Gasteiger charge is 2.29. The fourth-order valence-corrected chi connectivity index (χ4v) is 7.93. The second-order valence-corrected chi connectivity index (χ2v) is 17.7. The molecule has 0 atom stereocenters. The lowest BCUT2D eigenvalue weighted by Gasteiger charge is -2.28. The van der Waals surface area contributed by atoms with E-state index in [0.717, 1.165) is 0 Å². The second kappa shape index (κ2) is 7.11. The molecule has 0 heterocycles. The molecule has 0 spiro atoms. The van der Waals surface area contributed by atoms with Gasteiger partial charge in [-0.2, -0.15) is 0 Å². The Labute approximate surface area is 140 Å². The number of rotatable bonds is 5. The Kier molecular flexibility index (Phi) is 5.64. The summed E-state index contributed by atoms with van der Waals surface area (Å²) in [6.07, 6.45) is 0. The average molecular weight is 343 g/mol. The van der Waals surface area contributed by atoms with Crippen LogP contribution in [0.2, 0.25) is 38.8 Å². The van der Waals surface area contributed by atoms with E-state index in [9.17, 15) is 0 Å². The minimum absolute atomic E-state index is 0.684. The summed E-state index contributed by atoms with van der Waals surface area (Å²) in [5.41, 5.74) is 0. The van der Waals surface area contributed by atoms with Gasteiger partial charge in [0, 0.05) is 0 Å². The minimum Gasteiger partial charge on any atom is -0.0682 e. The van der Waals surface area contributed by atoms with Gasteiger partial charge in [0.1, 0.15) is 8.07 Å². The monoisotopic (exact) mass is 342 g/mol. The summed E-state index contributed by atoms with van der Waals surface area (Å²) >= 11 is 0. The van der Waals surface area contributed by atoms with Crippen LogP contribution < -0.4 is 20.7 Å². The Morgan fingerprint density at radius 2 is 1.00 bits per heavy atom. The van der Waals surface area contributed by atoms with E-state index < -0.39 is 25.7 Å². The van der Waals surface area contributed by atoms with Crippen molar-refractivity contribution in [1.29, 1.82) is 0 Å². The zero-order valence-electron chi connectivity index (χ0n) is 15.0. The van der Waals surface area contributed by atoms with E-state index in [0.29, 0.717) is 0 Å². The molecule has 3 heteroatoms. The van der Waals surface area contributed by atoms with Crippen LogP contribution in [0.3, 0.4) is 0 Å². The molecule has 0 aliphatic heterocycles. The first-order chi connectivity index (χ1) is 10.4. The maximum absolute atomic E-state index is 2.52. The quantitative estimate of drug-likeness (QED) is 0.731. The maximum atomic E-state index is 2.52. The van der Waals surface area contributed by atoms with Crippen molar-refractivity contribution in [2.45, 2.75) is 45.7 Å². The lowest BCUT2D eigenvalue weighted by Crippen LogP contribution is -2.55. The molecular formula is C19H30Si3. The highest BCUT2D eigenvalue weighted by atomic mass is 28.3. The van der Waals surface area contributed by atoms with Gasteiger partial charge in [0.05, 0.1) is 17.6 Å². The summed E-state index contributed by atoms with van der Waals surface area (Å²) < 4.78 is 0. The smallest absolute Gasteiger partial charge is 0.0682 e. The molecule has 0 fully saturated rings. The van der Waals surface area contributed by atoms with Crippen LogP contribution in [0.1, 0.15) is 6.92 Å². The minimum atomic E-state index is -1.56. The van der Waals surface area contributed by atoms with Gasteiger partial charge in [-0.3, -0.25) is 0 Å². The Balaban J connectivity index is 2.38. The van der Waals surface area contributed by atoms with Gasteiger partial charge in [-0.15, -0.1) is 0 Å². The van der Waals surface area contributed by atoms with Gasteiger partial charge in [0.15, 0.2) is 0 Å². The molecule has 0 aromatic heterocycles. The van der Waals surface area contributed by atoms with Crippen molar-refractivity contribution in [2.75, 3.05) is 0 Å². The molecule has 2 rings (SSSR count). The predicted octanol–water partition coefficient (Wildman–Crippen LogP) is 2.29. The third-order valence-corrected chi connectivity index (χ3v) is 13.2. The molecule has 0 saturated heterocycles. The topological polar surface area (TPSA) is 0 Å². The Morgan fingerprint density at radius 3 is 1.23 bits per heavy atom. The molecule has 22 heavy (non-hydrogen) atoms. The van der Waals surface area contributed by atoms with Gasteiger partial charge in [0.25, 0.3) is 0 Å². The third-order valence-electron chi connectivity index (χ3n) is 5.14. The van der Waals surface area contributed by atoms with Gasteiger partial charge in [-0.25, -0.2) is 0 Å². The number of benzene rings is 2. The summed E-state index contributed by atoms with van der Waals surface area (Å²) in [5.74, 6) is 0. The zero-order valence-corrected chi connectivity index (χ0v) is 18.3. The first kappa shape index (κ1) is 17.4. The Bertz CT molecular complexity index is 546. The van der Waals surface area contributed by atoms with E-state index in [1.165, 1.54) is 6.04 Å². The van der Waals surface area contributed by atoms with Gasteiger partial charge < -0.3 is 0 Å². The normalized spacial score (nSPS) is 12.2.